The number of rotatable bonds is 44. The van der Waals surface area contributed by atoms with E-state index in [0.29, 0.717) is 0 Å². The lowest BCUT2D eigenvalue weighted by Crippen LogP contribution is -2.25. The fourth-order valence-electron chi connectivity index (χ4n) is 21.1. The largest absolute Gasteiger partial charge is 0.311 e. The summed E-state index contributed by atoms with van der Waals surface area (Å²) in [4.78, 5) is 2.43. The summed E-state index contributed by atoms with van der Waals surface area (Å²) in [6, 6.07) is 78.6. The molecule has 0 N–H and O–H groups in total. The summed E-state index contributed by atoms with van der Waals surface area (Å²) in [5.74, 6) is 0. The third kappa shape index (κ3) is 17.6. The standard InChI is InChI=1S/C112H141N3/c1-12-18-24-30-34-44-74-111(75-45-35-31-25-19-13-2)97-71-73-104-109(106(97)92-68-56-83(8)78-99(92)111)95-51-41-43-53-102(95)115(104)105-81-84(48-38-28-22-16-5)96(79-86(105)49-39-29-23-17-6)85-57-69-93-100(80-85)112(76-46-36-32-26-20-14-3,77-47-37-33-27-21-15-4)98-70-72-103-108(107(93)98)94-50-40-42-52-101(94)114(103)91-66-64-90(65-67-91)113(88-60-54-82(7)55-61-88)89-62-58-87(59-63-89)110(9,10)11/h40-43,50-73,78-81H,12-39,44-49,74-77H2,1-11H3. The van der Waals surface area contributed by atoms with E-state index in [1.54, 1.807) is 22.3 Å². The maximum absolute atomic E-state index is 2.82. The first-order chi connectivity index (χ1) is 56.3. The predicted molar refractivity (Wildman–Crippen MR) is 504 cm³/mol. The van der Waals surface area contributed by atoms with Crippen molar-refractivity contribution in [2.75, 3.05) is 4.90 Å². The Hall–Kier alpha value is -8.40. The normalized spacial score (nSPS) is 13.4. The van der Waals surface area contributed by atoms with E-state index in [1.807, 2.05) is 0 Å². The van der Waals surface area contributed by atoms with Crippen molar-refractivity contribution in [2.45, 2.75) is 336 Å². The Morgan fingerprint density at radius 1 is 0.304 bits per heavy atom. The number of fused-ring (bicyclic) bond motifs is 14. The lowest BCUT2D eigenvalue weighted by Gasteiger charge is -2.33. The summed E-state index contributed by atoms with van der Waals surface area (Å²) >= 11 is 0. The van der Waals surface area contributed by atoms with Crippen molar-refractivity contribution < 1.29 is 0 Å². The second-order valence-corrected chi connectivity index (χ2v) is 36.8. The van der Waals surface area contributed by atoms with Gasteiger partial charge >= 0.3 is 0 Å². The highest BCUT2D eigenvalue weighted by molar-refractivity contribution is 6.19. The van der Waals surface area contributed by atoms with E-state index < -0.39 is 0 Å². The lowest BCUT2D eigenvalue weighted by molar-refractivity contribution is 0.398. The molecule has 0 amide bonds. The van der Waals surface area contributed by atoms with Gasteiger partial charge in [-0.05, 0) is 234 Å². The number of para-hydroxylation sites is 2. The van der Waals surface area contributed by atoms with Crippen LogP contribution in [0, 0.1) is 13.8 Å². The Labute approximate surface area is 695 Å². The topological polar surface area (TPSA) is 13.1 Å². The number of aryl methyl sites for hydroxylation is 4. The number of hydrogen-bond donors (Lipinski definition) is 0. The van der Waals surface area contributed by atoms with Gasteiger partial charge < -0.3 is 14.0 Å². The fraction of sp³-hybridized carbons (Fsp3) is 0.464. The van der Waals surface area contributed by atoms with Gasteiger partial charge in [0.05, 0.1) is 22.1 Å². The van der Waals surface area contributed by atoms with Crippen molar-refractivity contribution >= 4 is 60.7 Å². The van der Waals surface area contributed by atoms with Gasteiger partial charge in [-0.25, -0.2) is 0 Å². The molecule has 2 heterocycles. The smallest absolute Gasteiger partial charge is 0.0547 e. The first kappa shape index (κ1) is 83.1. The third-order valence-electron chi connectivity index (χ3n) is 27.4. The van der Waals surface area contributed by atoms with E-state index in [0.717, 1.165) is 29.9 Å². The van der Waals surface area contributed by atoms with Crippen molar-refractivity contribution in [3.63, 3.8) is 0 Å². The number of benzene rings is 10. The summed E-state index contributed by atoms with van der Waals surface area (Å²) in [7, 11) is 0. The van der Waals surface area contributed by atoms with E-state index in [1.165, 1.54) is 347 Å². The van der Waals surface area contributed by atoms with Crippen LogP contribution in [-0.2, 0) is 29.1 Å². The summed E-state index contributed by atoms with van der Waals surface area (Å²) in [5.41, 5.74) is 33.5. The van der Waals surface area contributed by atoms with Crippen molar-refractivity contribution in [1.82, 2.24) is 9.13 Å². The molecule has 604 valence electrons. The van der Waals surface area contributed by atoms with E-state index in [4.69, 9.17) is 0 Å². The molecular formula is C112H141N3. The van der Waals surface area contributed by atoms with Crippen LogP contribution in [0.3, 0.4) is 0 Å². The minimum Gasteiger partial charge on any atom is -0.311 e. The first-order valence-electron chi connectivity index (χ1n) is 46.9. The monoisotopic (exact) mass is 1530 g/mol. The van der Waals surface area contributed by atoms with E-state index >= 15 is 0 Å². The molecule has 2 aliphatic carbocycles. The molecular weight excluding hydrogens is 1390 g/mol. The maximum Gasteiger partial charge on any atom is 0.0547 e. The zero-order valence-electron chi connectivity index (χ0n) is 73.2. The summed E-state index contributed by atoms with van der Waals surface area (Å²) < 4.78 is 5.39. The third-order valence-corrected chi connectivity index (χ3v) is 27.4. The van der Waals surface area contributed by atoms with Crippen molar-refractivity contribution in [3.8, 4) is 44.8 Å². The van der Waals surface area contributed by atoms with Crippen LogP contribution in [0.25, 0.3) is 88.4 Å². The molecule has 2 aromatic heterocycles. The Morgan fingerprint density at radius 3 is 1.17 bits per heavy atom. The van der Waals surface area contributed by atoms with Crippen LogP contribution in [0.1, 0.15) is 344 Å². The molecule has 14 rings (SSSR count). The predicted octanol–water partition coefficient (Wildman–Crippen LogP) is 34.7. The Kier molecular flexibility index (Phi) is 28.0. The molecule has 0 saturated heterocycles. The van der Waals surface area contributed by atoms with E-state index in [9.17, 15) is 0 Å². The number of anilines is 3. The van der Waals surface area contributed by atoms with Crippen LogP contribution in [-0.4, -0.2) is 9.13 Å². The van der Waals surface area contributed by atoms with Crippen molar-refractivity contribution in [3.05, 3.63) is 244 Å². The summed E-state index contributed by atoms with van der Waals surface area (Å²) in [5, 5.41) is 5.62. The quantitative estimate of drug-likeness (QED) is 0.0347. The first-order valence-corrected chi connectivity index (χ1v) is 46.9. The number of hydrogen-bond acceptors (Lipinski definition) is 1. The molecule has 3 heteroatoms. The van der Waals surface area contributed by atoms with E-state index in [2.05, 4.69) is 284 Å². The zero-order chi connectivity index (χ0) is 79.9. The van der Waals surface area contributed by atoms with Crippen LogP contribution in [0.5, 0.6) is 0 Å². The SMILES string of the molecule is CCCCCCCCC1(CCCCCCCC)c2cc(-c3cc(CCCCCC)c(-n4c5ccccc5c5c6c(ccc54)C(CCCCCCCC)(CCCCCCCC)c4cc(C)ccc4-6)cc3CCCCCC)ccc2-c2c1ccc1c2c2ccccc2n1-c1ccc(N(c2ccc(C)cc2)c2ccc(C(C)(C)C)cc2)cc1. The van der Waals surface area contributed by atoms with Crippen molar-refractivity contribution in [1.29, 1.82) is 0 Å². The molecule has 0 fully saturated rings. The van der Waals surface area contributed by atoms with Gasteiger partial charge in [-0.2, -0.15) is 0 Å². The fourth-order valence-corrected chi connectivity index (χ4v) is 21.1. The molecule has 3 nitrogen and oxygen atoms in total. The Morgan fingerprint density at radius 2 is 0.696 bits per heavy atom. The van der Waals surface area contributed by atoms with Gasteiger partial charge in [0.15, 0.2) is 0 Å². The van der Waals surface area contributed by atoms with Gasteiger partial charge in [-0.1, -0.05) is 369 Å². The number of nitrogens with zero attached hydrogens (tertiary/aromatic N) is 3. The molecule has 0 atom stereocenters. The second kappa shape index (κ2) is 38.8. The lowest BCUT2D eigenvalue weighted by atomic mass is 9.70. The van der Waals surface area contributed by atoms with E-state index in [-0.39, 0.29) is 16.2 Å². The van der Waals surface area contributed by atoms with Gasteiger partial charge in [-0.15, -0.1) is 0 Å². The average Bonchev–Trinajstić information content (AvgIpc) is 1.54. The molecule has 0 unspecified atom stereocenters. The molecule has 12 aromatic rings. The Bertz CT molecular complexity index is 5140. The minimum absolute atomic E-state index is 0.00412. The summed E-state index contributed by atoms with van der Waals surface area (Å²) in [6.45, 7) is 25.7. The van der Waals surface area contributed by atoms with Crippen molar-refractivity contribution in [2.24, 2.45) is 0 Å². The molecule has 0 spiro atoms. The maximum atomic E-state index is 2.82. The molecule has 0 aliphatic heterocycles. The van der Waals surface area contributed by atoms with Crippen LogP contribution < -0.4 is 4.90 Å². The van der Waals surface area contributed by atoms with Crippen LogP contribution in [0.15, 0.2) is 194 Å². The second-order valence-electron chi connectivity index (χ2n) is 36.8. The van der Waals surface area contributed by atoms with Gasteiger partial charge in [0.1, 0.15) is 0 Å². The van der Waals surface area contributed by atoms with Gasteiger partial charge in [0.2, 0.25) is 0 Å². The summed E-state index contributed by atoms with van der Waals surface area (Å²) in [6.07, 6.45) is 48.2. The molecule has 0 radical (unpaired) electrons. The Balaban J connectivity index is 0.946. The highest BCUT2D eigenvalue weighted by Crippen LogP contribution is 2.61. The van der Waals surface area contributed by atoms with Gasteiger partial charge in [0, 0.05) is 60.8 Å². The molecule has 0 saturated carbocycles. The molecule has 0 bridgehead atoms. The van der Waals surface area contributed by atoms with Crippen LogP contribution in [0.4, 0.5) is 17.1 Å². The number of unbranched alkanes of at least 4 members (excludes halogenated alkanes) is 26. The average molecular weight is 1530 g/mol. The highest BCUT2D eigenvalue weighted by atomic mass is 15.1. The van der Waals surface area contributed by atoms with Crippen LogP contribution in [0.2, 0.25) is 0 Å². The zero-order valence-corrected chi connectivity index (χ0v) is 73.2. The molecule has 10 aromatic carbocycles. The minimum atomic E-state index is -0.134. The highest BCUT2D eigenvalue weighted by Gasteiger charge is 2.46. The van der Waals surface area contributed by atoms with Gasteiger partial charge in [0.25, 0.3) is 0 Å². The molecule has 115 heavy (non-hydrogen) atoms. The molecule has 2 aliphatic rings. The van der Waals surface area contributed by atoms with Crippen LogP contribution >= 0.6 is 0 Å². The number of aromatic nitrogens is 2. The van der Waals surface area contributed by atoms with Gasteiger partial charge in [-0.3, -0.25) is 0 Å².